The zero-order valence-electron chi connectivity index (χ0n) is 14.5. The largest absolute Gasteiger partial charge is 0.287 e. The number of fused-ring (bicyclic) bond motifs is 3. The van der Waals surface area contributed by atoms with Crippen molar-refractivity contribution < 1.29 is 0 Å². The molecular weight excluding hydrogens is 348 g/mol. The van der Waals surface area contributed by atoms with Gasteiger partial charge in [-0.15, -0.1) is 11.3 Å². The molecule has 0 saturated carbocycles. The van der Waals surface area contributed by atoms with E-state index in [1.54, 1.807) is 23.1 Å². The molecule has 5 heteroatoms. The van der Waals surface area contributed by atoms with Gasteiger partial charge in [0.05, 0.1) is 5.39 Å². The molecule has 2 aromatic heterocycles. The minimum absolute atomic E-state index is 0.174. The highest BCUT2D eigenvalue weighted by Crippen LogP contribution is 2.35. The third-order valence-corrected chi connectivity index (χ3v) is 6.97. The number of thioether (sulfide) groups is 1. The lowest BCUT2D eigenvalue weighted by Gasteiger charge is -2.12. The van der Waals surface area contributed by atoms with Crippen LogP contribution in [0.1, 0.15) is 42.2 Å². The van der Waals surface area contributed by atoms with Crippen molar-refractivity contribution in [1.29, 1.82) is 0 Å². The van der Waals surface area contributed by atoms with Gasteiger partial charge in [-0.25, -0.2) is 4.98 Å². The van der Waals surface area contributed by atoms with Crippen molar-refractivity contribution >= 4 is 33.3 Å². The Hall–Kier alpha value is -1.59. The zero-order valence-corrected chi connectivity index (χ0v) is 16.1. The van der Waals surface area contributed by atoms with Crippen LogP contribution >= 0.6 is 23.1 Å². The molecule has 0 N–H and O–H groups in total. The molecular formula is C20H22N2OS2. The number of nitrogens with zero attached hydrogens (tertiary/aromatic N) is 2. The Labute approximate surface area is 156 Å². The number of rotatable bonds is 6. The first-order chi connectivity index (χ1) is 12.3. The van der Waals surface area contributed by atoms with Crippen LogP contribution in [0.25, 0.3) is 10.2 Å². The molecule has 2 heterocycles. The fourth-order valence-electron chi connectivity index (χ4n) is 3.40. The van der Waals surface area contributed by atoms with Crippen molar-refractivity contribution in [3.63, 3.8) is 0 Å². The fourth-order valence-corrected chi connectivity index (χ4v) is 5.69. The fraction of sp³-hybridized carbons (Fsp3) is 0.400. The van der Waals surface area contributed by atoms with Crippen LogP contribution < -0.4 is 5.56 Å². The van der Waals surface area contributed by atoms with Gasteiger partial charge in [0.15, 0.2) is 5.16 Å². The summed E-state index contributed by atoms with van der Waals surface area (Å²) in [5.41, 5.74) is 2.72. The predicted molar refractivity (Wildman–Crippen MR) is 107 cm³/mol. The average molecular weight is 371 g/mol. The number of aromatic nitrogens is 2. The van der Waals surface area contributed by atoms with Crippen molar-refractivity contribution in [3.8, 4) is 0 Å². The van der Waals surface area contributed by atoms with Gasteiger partial charge in [-0.1, -0.05) is 55.4 Å². The number of aryl methyl sites for hydroxylation is 2. The van der Waals surface area contributed by atoms with E-state index in [1.807, 2.05) is 10.6 Å². The number of thiophene rings is 1. The van der Waals surface area contributed by atoms with Crippen LogP contribution in [0.3, 0.4) is 0 Å². The molecule has 0 atom stereocenters. The van der Waals surface area contributed by atoms with E-state index in [9.17, 15) is 4.79 Å². The monoisotopic (exact) mass is 370 g/mol. The van der Waals surface area contributed by atoms with Crippen LogP contribution in [0, 0.1) is 0 Å². The maximum atomic E-state index is 13.2. The lowest BCUT2D eigenvalue weighted by Crippen LogP contribution is -2.23. The molecule has 0 bridgehead atoms. The van der Waals surface area contributed by atoms with Gasteiger partial charge in [-0.2, -0.15) is 0 Å². The molecule has 0 spiro atoms. The molecule has 0 saturated heterocycles. The Morgan fingerprint density at radius 3 is 2.88 bits per heavy atom. The van der Waals surface area contributed by atoms with E-state index >= 15 is 0 Å². The first-order valence-electron chi connectivity index (χ1n) is 8.99. The Morgan fingerprint density at radius 2 is 2.08 bits per heavy atom. The van der Waals surface area contributed by atoms with Crippen molar-refractivity contribution in [1.82, 2.24) is 9.55 Å². The summed E-state index contributed by atoms with van der Waals surface area (Å²) in [6, 6.07) is 10.4. The van der Waals surface area contributed by atoms with Crippen LogP contribution in [0.15, 0.2) is 40.3 Å². The molecule has 0 aliphatic heterocycles. The second-order valence-corrected chi connectivity index (χ2v) is 8.54. The highest BCUT2D eigenvalue weighted by Gasteiger charge is 2.23. The maximum Gasteiger partial charge on any atom is 0.263 e. The lowest BCUT2D eigenvalue weighted by atomic mass is 10.2. The van der Waals surface area contributed by atoms with Crippen molar-refractivity contribution in [2.45, 2.75) is 56.5 Å². The van der Waals surface area contributed by atoms with Gasteiger partial charge < -0.3 is 0 Å². The predicted octanol–water partition coefficient (Wildman–Crippen LogP) is 5.04. The molecule has 4 rings (SSSR count). The average Bonchev–Trinajstić information content (AvgIpc) is 3.21. The Kier molecular flexibility index (Phi) is 4.95. The number of benzene rings is 1. The van der Waals surface area contributed by atoms with Gasteiger partial charge in [-0.05, 0) is 36.8 Å². The van der Waals surface area contributed by atoms with E-state index < -0.39 is 0 Å². The van der Waals surface area contributed by atoms with Gasteiger partial charge in [0.1, 0.15) is 4.83 Å². The molecule has 1 aliphatic carbocycles. The van der Waals surface area contributed by atoms with E-state index in [4.69, 9.17) is 4.98 Å². The summed E-state index contributed by atoms with van der Waals surface area (Å²) in [4.78, 5) is 20.4. The van der Waals surface area contributed by atoms with Crippen LogP contribution in [0.4, 0.5) is 0 Å². The molecule has 1 aromatic carbocycles. The van der Waals surface area contributed by atoms with Gasteiger partial charge in [0.2, 0.25) is 0 Å². The van der Waals surface area contributed by atoms with E-state index in [0.29, 0.717) is 0 Å². The molecule has 0 fully saturated rings. The minimum atomic E-state index is 0.174. The highest BCUT2D eigenvalue weighted by atomic mass is 32.2. The molecule has 130 valence electrons. The molecule has 3 aromatic rings. The van der Waals surface area contributed by atoms with Gasteiger partial charge in [0, 0.05) is 17.2 Å². The third-order valence-electron chi connectivity index (χ3n) is 4.74. The topological polar surface area (TPSA) is 34.9 Å². The minimum Gasteiger partial charge on any atom is -0.287 e. The second kappa shape index (κ2) is 7.34. The SMILES string of the molecule is CCCCn1c(SCc2ccccc2)nc2sc3c(c2c1=O)CCC3. The zero-order chi connectivity index (χ0) is 17.2. The maximum absolute atomic E-state index is 13.2. The van der Waals surface area contributed by atoms with E-state index in [0.717, 1.165) is 53.4 Å². The van der Waals surface area contributed by atoms with Crippen molar-refractivity contribution in [3.05, 3.63) is 56.7 Å². The Balaban J connectivity index is 1.75. The summed E-state index contributed by atoms with van der Waals surface area (Å²) in [7, 11) is 0. The molecule has 0 radical (unpaired) electrons. The standard InChI is InChI=1S/C20H22N2OS2/c1-2-3-12-22-19(23)17-15-10-7-11-16(15)25-18(17)21-20(22)24-13-14-8-5-4-6-9-14/h4-6,8-9H,2-3,7,10-13H2,1H3. The molecule has 3 nitrogen and oxygen atoms in total. The van der Waals surface area contributed by atoms with E-state index in [2.05, 4.69) is 31.2 Å². The highest BCUT2D eigenvalue weighted by molar-refractivity contribution is 7.98. The number of hydrogen-bond donors (Lipinski definition) is 0. The van der Waals surface area contributed by atoms with Crippen molar-refractivity contribution in [2.24, 2.45) is 0 Å². The molecule has 1 aliphatic rings. The number of hydrogen-bond acceptors (Lipinski definition) is 4. The number of unbranched alkanes of at least 4 members (excludes halogenated alkanes) is 1. The van der Waals surface area contributed by atoms with Crippen molar-refractivity contribution in [2.75, 3.05) is 0 Å². The first kappa shape index (κ1) is 16.9. The Morgan fingerprint density at radius 1 is 1.24 bits per heavy atom. The van der Waals surface area contributed by atoms with Gasteiger partial charge in [0.25, 0.3) is 5.56 Å². The van der Waals surface area contributed by atoms with Gasteiger partial charge >= 0.3 is 0 Å². The summed E-state index contributed by atoms with van der Waals surface area (Å²) in [6.45, 7) is 2.93. The normalized spacial score (nSPS) is 13.5. The summed E-state index contributed by atoms with van der Waals surface area (Å²) in [5.74, 6) is 0.843. The summed E-state index contributed by atoms with van der Waals surface area (Å²) >= 11 is 3.41. The van der Waals surface area contributed by atoms with Crippen LogP contribution in [0.2, 0.25) is 0 Å². The van der Waals surface area contributed by atoms with E-state index in [-0.39, 0.29) is 5.56 Å². The van der Waals surface area contributed by atoms with Crippen LogP contribution in [-0.4, -0.2) is 9.55 Å². The second-order valence-electron chi connectivity index (χ2n) is 6.52. The molecule has 0 amide bonds. The smallest absolute Gasteiger partial charge is 0.263 e. The summed E-state index contributed by atoms with van der Waals surface area (Å²) in [5, 5.41) is 1.77. The molecule has 0 unspecified atom stereocenters. The third kappa shape index (κ3) is 3.27. The molecule has 25 heavy (non-hydrogen) atoms. The van der Waals surface area contributed by atoms with Crippen LogP contribution in [0.5, 0.6) is 0 Å². The lowest BCUT2D eigenvalue weighted by molar-refractivity contribution is 0.558. The quantitative estimate of drug-likeness (QED) is 0.450. The summed E-state index contributed by atoms with van der Waals surface area (Å²) < 4.78 is 1.92. The Bertz CT molecular complexity index is 944. The van der Waals surface area contributed by atoms with Crippen LogP contribution in [-0.2, 0) is 25.1 Å². The first-order valence-corrected chi connectivity index (χ1v) is 10.8. The summed E-state index contributed by atoms with van der Waals surface area (Å²) in [6.07, 6.45) is 5.41. The van der Waals surface area contributed by atoms with E-state index in [1.165, 1.54) is 22.4 Å². The van der Waals surface area contributed by atoms with Gasteiger partial charge in [-0.3, -0.25) is 9.36 Å².